The fraction of sp³-hybridized carbons (Fsp3) is 0.833. The lowest BCUT2D eigenvalue weighted by molar-refractivity contribution is 0.469. The number of allylic oxidation sites excluding steroid dienone is 1. The van der Waals surface area contributed by atoms with Gasteiger partial charge >= 0.3 is 0 Å². The minimum absolute atomic E-state index is 0.484. The summed E-state index contributed by atoms with van der Waals surface area (Å²) in [7, 11) is 0. The first-order valence-electron chi connectivity index (χ1n) is 5.58. The van der Waals surface area contributed by atoms with Crippen LogP contribution in [0.2, 0.25) is 0 Å². The van der Waals surface area contributed by atoms with Crippen molar-refractivity contribution in [2.45, 2.75) is 56.7 Å². The lowest BCUT2D eigenvalue weighted by atomic mass is 9.99. The van der Waals surface area contributed by atoms with Crippen LogP contribution in [0.4, 0.5) is 0 Å². The molecule has 0 aromatic carbocycles. The van der Waals surface area contributed by atoms with Gasteiger partial charge in [0.15, 0.2) is 0 Å². The normalized spacial score (nSPS) is 27.8. The van der Waals surface area contributed by atoms with E-state index in [1.54, 1.807) is 0 Å². The Bertz CT molecular complexity index is 142. The van der Waals surface area contributed by atoms with Gasteiger partial charge in [-0.2, -0.15) is 0 Å². The van der Waals surface area contributed by atoms with Crippen molar-refractivity contribution in [3.8, 4) is 0 Å². The topological polar surface area (TPSA) is 0 Å². The zero-order valence-corrected chi connectivity index (χ0v) is 9.23. The molecule has 0 aliphatic heterocycles. The standard InChI is InChI=1S/C12H21Cl/c1-2-3-4-5-6-7-11-8-9-12(13)10-11/h2,11-12H,1,3-10H2. The van der Waals surface area contributed by atoms with Crippen molar-refractivity contribution in [3.63, 3.8) is 0 Å². The maximum Gasteiger partial charge on any atom is 0.0338 e. The van der Waals surface area contributed by atoms with E-state index in [-0.39, 0.29) is 0 Å². The molecule has 0 radical (unpaired) electrons. The van der Waals surface area contributed by atoms with Crippen LogP contribution in [0.3, 0.4) is 0 Å². The minimum atomic E-state index is 0.484. The van der Waals surface area contributed by atoms with Gasteiger partial charge in [0.2, 0.25) is 0 Å². The maximum atomic E-state index is 6.06. The van der Waals surface area contributed by atoms with Crippen LogP contribution in [-0.4, -0.2) is 5.38 Å². The van der Waals surface area contributed by atoms with Gasteiger partial charge in [0.1, 0.15) is 0 Å². The third-order valence-corrected chi connectivity index (χ3v) is 3.39. The van der Waals surface area contributed by atoms with Crippen LogP contribution in [0.5, 0.6) is 0 Å². The van der Waals surface area contributed by atoms with Crippen molar-refractivity contribution < 1.29 is 0 Å². The first-order valence-corrected chi connectivity index (χ1v) is 6.01. The van der Waals surface area contributed by atoms with E-state index in [9.17, 15) is 0 Å². The fourth-order valence-corrected chi connectivity index (χ4v) is 2.55. The largest absolute Gasteiger partial charge is 0.123 e. The lowest BCUT2D eigenvalue weighted by Gasteiger charge is -2.07. The van der Waals surface area contributed by atoms with Crippen molar-refractivity contribution in [3.05, 3.63) is 12.7 Å². The predicted molar refractivity (Wildman–Crippen MR) is 60.3 cm³/mol. The average Bonchev–Trinajstić information content (AvgIpc) is 2.51. The Morgan fingerprint density at radius 1 is 1.23 bits per heavy atom. The Balaban J connectivity index is 1.91. The van der Waals surface area contributed by atoms with E-state index < -0.39 is 0 Å². The second-order valence-electron chi connectivity index (χ2n) is 4.20. The molecule has 1 rings (SSSR count). The fourth-order valence-electron chi connectivity index (χ4n) is 2.17. The van der Waals surface area contributed by atoms with Gasteiger partial charge in [-0.05, 0) is 38.0 Å². The maximum absolute atomic E-state index is 6.06. The van der Waals surface area contributed by atoms with Crippen molar-refractivity contribution in [2.75, 3.05) is 0 Å². The highest BCUT2D eigenvalue weighted by atomic mass is 35.5. The van der Waals surface area contributed by atoms with Gasteiger partial charge in [0.25, 0.3) is 0 Å². The Kier molecular flexibility index (Phi) is 5.54. The first kappa shape index (κ1) is 11.1. The molecule has 0 aromatic rings. The second kappa shape index (κ2) is 6.48. The highest BCUT2D eigenvalue weighted by molar-refractivity contribution is 6.20. The van der Waals surface area contributed by atoms with Crippen molar-refractivity contribution in [1.29, 1.82) is 0 Å². The molecule has 1 aliphatic carbocycles. The van der Waals surface area contributed by atoms with Gasteiger partial charge in [-0.15, -0.1) is 18.2 Å². The lowest BCUT2D eigenvalue weighted by Crippen LogP contribution is -1.95. The number of unbranched alkanes of at least 4 members (excludes halogenated alkanes) is 3. The molecule has 0 aromatic heterocycles. The van der Waals surface area contributed by atoms with Gasteiger partial charge < -0.3 is 0 Å². The van der Waals surface area contributed by atoms with Crippen LogP contribution in [0.25, 0.3) is 0 Å². The summed E-state index contributed by atoms with van der Waals surface area (Å²) >= 11 is 6.06. The van der Waals surface area contributed by atoms with Gasteiger partial charge in [-0.25, -0.2) is 0 Å². The monoisotopic (exact) mass is 200 g/mol. The Morgan fingerprint density at radius 3 is 2.69 bits per heavy atom. The molecule has 0 saturated heterocycles. The SMILES string of the molecule is C=CCCCCCC1CCC(Cl)C1. The second-order valence-corrected chi connectivity index (χ2v) is 4.82. The van der Waals surface area contributed by atoms with E-state index in [0.29, 0.717) is 5.38 Å². The molecule has 76 valence electrons. The number of hydrogen-bond donors (Lipinski definition) is 0. The molecule has 2 atom stereocenters. The smallest absolute Gasteiger partial charge is 0.0338 e. The van der Waals surface area contributed by atoms with Gasteiger partial charge in [0, 0.05) is 5.38 Å². The number of rotatable bonds is 6. The Labute approximate surface area is 87.4 Å². The molecule has 1 fully saturated rings. The number of halogens is 1. The summed E-state index contributed by atoms with van der Waals surface area (Å²) in [6.07, 6.45) is 12.6. The van der Waals surface area contributed by atoms with E-state index in [4.69, 9.17) is 11.6 Å². The molecular formula is C12H21Cl. The summed E-state index contributed by atoms with van der Waals surface area (Å²) in [4.78, 5) is 0. The molecule has 2 unspecified atom stereocenters. The van der Waals surface area contributed by atoms with Crippen molar-refractivity contribution in [1.82, 2.24) is 0 Å². The molecule has 1 aliphatic rings. The minimum Gasteiger partial charge on any atom is -0.123 e. The Morgan fingerprint density at radius 2 is 2.08 bits per heavy atom. The summed E-state index contributed by atoms with van der Waals surface area (Å²) in [5, 5.41) is 0.484. The van der Waals surface area contributed by atoms with Crippen molar-refractivity contribution >= 4 is 11.6 Å². The number of hydrogen-bond acceptors (Lipinski definition) is 0. The van der Waals surface area contributed by atoms with Gasteiger partial charge in [-0.1, -0.05) is 25.3 Å². The zero-order valence-electron chi connectivity index (χ0n) is 8.47. The molecule has 0 N–H and O–H groups in total. The predicted octanol–water partition coefficient (Wildman–Crippen LogP) is 4.53. The molecule has 1 saturated carbocycles. The Hall–Kier alpha value is 0.0300. The summed E-state index contributed by atoms with van der Waals surface area (Å²) in [5.74, 6) is 0.936. The highest BCUT2D eigenvalue weighted by Crippen LogP contribution is 2.32. The van der Waals surface area contributed by atoms with Crippen molar-refractivity contribution in [2.24, 2.45) is 5.92 Å². The molecule has 0 nitrogen and oxygen atoms in total. The van der Waals surface area contributed by atoms with E-state index in [1.807, 2.05) is 6.08 Å². The molecule has 0 amide bonds. The van der Waals surface area contributed by atoms with Crippen LogP contribution in [0.1, 0.15) is 51.4 Å². The molecule has 0 bridgehead atoms. The molecule has 0 heterocycles. The highest BCUT2D eigenvalue weighted by Gasteiger charge is 2.21. The van der Waals surface area contributed by atoms with E-state index >= 15 is 0 Å². The zero-order chi connectivity index (χ0) is 9.52. The molecule has 13 heavy (non-hydrogen) atoms. The number of alkyl halides is 1. The summed E-state index contributed by atoms with van der Waals surface area (Å²) in [6.45, 7) is 3.73. The van der Waals surface area contributed by atoms with E-state index in [1.165, 1.54) is 51.4 Å². The van der Waals surface area contributed by atoms with Gasteiger partial charge in [-0.3, -0.25) is 0 Å². The summed E-state index contributed by atoms with van der Waals surface area (Å²) in [5.41, 5.74) is 0. The van der Waals surface area contributed by atoms with E-state index in [2.05, 4.69) is 6.58 Å². The summed E-state index contributed by atoms with van der Waals surface area (Å²) < 4.78 is 0. The summed E-state index contributed by atoms with van der Waals surface area (Å²) in [6, 6.07) is 0. The van der Waals surface area contributed by atoms with Crippen LogP contribution in [0, 0.1) is 5.92 Å². The first-order chi connectivity index (χ1) is 6.33. The third-order valence-electron chi connectivity index (χ3n) is 3.00. The molecule has 1 heteroatoms. The quantitative estimate of drug-likeness (QED) is 0.336. The third kappa shape index (κ3) is 4.71. The van der Waals surface area contributed by atoms with Crippen LogP contribution in [0.15, 0.2) is 12.7 Å². The molecular weight excluding hydrogens is 180 g/mol. The molecule has 0 spiro atoms. The van der Waals surface area contributed by atoms with Crippen LogP contribution < -0.4 is 0 Å². The average molecular weight is 201 g/mol. The van der Waals surface area contributed by atoms with Crippen LogP contribution in [-0.2, 0) is 0 Å². The van der Waals surface area contributed by atoms with Crippen LogP contribution >= 0.6 is 11.6 Å². The van der Waals surface area contributed by atoms with E-state index in [0.717, 1.165) is 5.92 Å². The van der Waals surface area contributed by atoms with Gasteiger partial charge in [0.05, 0.1) is 0 Å².